The van der Waals surface area contributed by atoms with Gasteiger partial charge in [-0.15, -0.1) is 0 Å². The highest BCUT2D eigenvalue weighted by Gasteiger charge is 2.19. The van der Waals surface area contributed by atoms with Crippen LogP contribution in [-0.4, -0.2) is 37.2 Å². The number of benzene rings is 1. The molecule has 1 aromatic rings. The van der Waals surface area contributed by atoms with Crippen molar-refractivity contribution in [1.82, 2.24) is 4.90 Å². The van der Waals surface area contributed by atoms with Crippen molar-refractivity contribution in [1.29, 1.82) is 0 Å². The van der Waals surface area contributed by atoms with Crippen molar-refractivity contribution in [3.63, 3.8) is 0 Å². The normalized spacial score (nSPS) is 17.9. The van der Waals surface area contributed by atoms with E-state index in [1.54, 1.807) is 0 Å². The summed E-state index contributed by atoms with van der Waals surface area (Å²) in [5.41, 5.74) is 7.05. The van der Waals surface area contributed by atoms with Crippen molar-refractivity contribution in [3.8, 4) is 5.75 Å². The minimum absolute atomic E-state index is 0.241. The van der Waals surface area contributed by atoms with Gasteiger partial charge in [-0.1, -0.05) is 12.1 Å². The summed E-state index contributed by atoms with van der Waals surface area (Å²) in [4.78, 5) is 2.47. The molecule has 19 heavy (non-hydrogen) atoms. The van der Waals surface area contributed by atoms with E-state index in [9.17, 15) is 0 Å². The molecular formula is C16H26N2O. The van der Waals surface area contributed by atoms with Crippen LogP contribution in [0.5, 0.6) is 5.75 Å². The van der Waals surface area contributed by atoms with Crippen molar-refractivity contribution in [3.05, 3.63) is 29.8 Å². The molecule has 1 heterocycles. The highest BCUT2D eigenvalue weighted by atomic mass is 16.5. The fourth-order valence-electron chi connectivity index (χ4n) is 2.76. The zero-order chi connectivity index (χ0) is 13.7. The SMILES string of the molecule is CC(C)Oc1ccc(C2CCN(CCN)CC2)cc1. The monoisotopic (exact) mass is 262 g/mol. The number of hydrogen-bond acceptors (Lipinski definition) is 3. The molecule has 0 unspecified atom stereocenters. The van der Waals surface area contributed by atoms with E-state index in [2.05, 4.69) is 43.0 Å². The molecular weight excluding hydrogens is 236 g/mol. The van der Waals surface area contributed by atoms with Crippen LogP contribution < -0.4 is 10.5 Å². The molecule has 3 nitrogen and oxygen atoms in total. The zero-order valence-corrected chi connectivity index (χ0v) is 12.1. The van der Waals surface area contributed by atoms with Gasteiger partial charge in [0.15, 0.2) is 0 Å². The van der Waals surface area contributed by atoms with Gasteiger partial charge in [0.1, 0.15) is 5.75 Å². The minimum atomic E-state index is 0.241. The summed E-state index contributed by atoms with van der Waals surface area (Å²) in [6, 6.07) is 8.64. The molecule has 2 rings (SSSR count). The summed E-state index contributed by atoms with van der Waals surface area (Å²) < 4.78 is 5.68. The maximum absolute atomic E-state index is 5.68. The average Bonchev–Trinajstić information content (AvgIpc) is 2.40. The molecule has 106 valence electrons. The van der Waals surface area contributed by atoms with Crippen LogP contribution >= 0.6 is 0 Å². The average molecular weight is 262 g/mol. The number of nitrogens with two attached hydrogens (primary N) is 1. The van der Waals surface area contributed by atoms with E-state index < -0.39 is 0 Å². The summed E-state index contributed by atoms with van der Waals surface area (Å²) in [6.45, 7) is 8.26. The molecule has 0 spiro atoms. The van der Waals surface area contributed by atoms with Crippen LogP contribution in [0.1, 0.15) is 38.2 Å². The fraction of sp³-hybridized carbons (Fsp3) is 0.625. The molecule has 0 radical (unpaired) electrons. The molecule has 1 aromatic carbocycles. The summed E-state index contributed by atoms with van der Waals surface area (Å²) in [5.74, 6) is 1.67. The number of ether oxygens (including phenoxy) is 1. The first-order valence-corrected chi connectivity index (χ1v) is 7.38. The Balaban J connectivity index is 1.89. The number of likely N-dealkylation sites (tertiary alicyclic amines) is 1. The van der Waals surface area contributed by atoms with Crippen LogP contribution in [0, 0.1) is 0 Å². The highest BCUT2D eigenvalue weighted by molar-refractivity contribution is 5.29. The van der Waals surface area contributed by atoms with Gasteiger partial charge >= 0.3 is 0 Å². The molecule has 3 heteroatoms. The van der Waals surface area contributed by atoms with E-state index in [-0.39, 0.29) is 6.10 Å². The van der Waals surface area contributed by atoms with Gasteiger partial charge < -0.3 is 15.4 Å². The second kappa shape index (κ2) is 6.92. The molecule has 2 N–H and O–H groups in total. The first-order chi connectivity index (χ1) is 9.19. The molecule has 0 amide bonds. The van der Waals surface area contributed by atoms with Gasteiger partial charge in [0.05, 0.1) is 6.10 Å². The lowest BCUT2D eigenvalue weighted by molar-refractivity contribution is 0.217. The van der Waals surface area contributed by atoms with Gasteiger partial charge in [0.2, 0.25) is 0 Å². The topological polar surface area (TPSA) is 38.5 Å². The lowest BCUT2D eigenvalue weighted by Gasteiger charge is -2.31. The Morgan fingerprint density at radius 2 is 1.84 bits per heavy atom. The lowest BCUT2D eigenvalue weighted by atomic mass is 9.89. The van der Waals surface area contributed by atoms with Gasteiger partial charge in [-0.05, 0) is 63.4 Å². The van der Waals surface area contributed by atoms with E-state index in [1.807, 2.05) is 0 Å². The van der Waals surface area contributed by atoms with E-state index in [1.165, 1.54) is 31.5 Å². The molecule has 1 aliphatic rings. The highest BCUT2D eigenvalue weighted by Crippen LogP contribution is 2.29. The van der Waals surface area contributed by atoms with Gasteiger partial charge in [-0.3, -0.25) is 0 Å². The van der Waals surface area contributed by atoms with Gasteiger partial charge in [-0.25, -0.2) is 0 Å². The maximum atomic E-state index is 5.68. The quantitative estimate of drug-likeness (QED) is 0.886. The Labute approximate surface area is 116 Å². The second-order valence-electron chi connectivity index (χ2n) is 5.64. The van der Waals surface area contributed by atoms with Crippen molar-refractivity contribution in [2.24, 2.45) is 5.73 Å². The number of nitrogens with zero attached hydrogens (tertiary/aromatic N) is 1. The number of rotatable bonds is 5. The van der Waals surface area contributed by atoms with Crippen LogP contribution in [0.15, 0.2) is 24.3 Å². The van der Waals surface area contributed by atoms with E-state index in [0.29, 0.717) is 5.92 Å². The zero-order valence-electron chi connectivity index (χ0n) is 12.1. The van der Waals surface area contributed by atoms with E-state index >= 15 is 0 Å². The van der Waals surface area contributed by atoms with Gasteiger partial charge in [0.25, 0.3) is 0 Å². The molecule has 0 aromatic heterocycles. The summed E-state index contributed by atoms with van der Waals surface area (Å²) in [7, 11) is 0. The van der Waals surface area contributed by atoms with Crippen LogP contribution in [0.4, 0.5) is 0 Å². The van der Waals surface area contributed by atoms with Crippen LogP contribution in [-0.2, 0) is 0 Å². The molecule has 1 fully saturated rings. The molecule has 1 aliphatic heterocycles. The van der Waals surface area contributed by atoms with Crippen LogP contribution in [0.25, 0.3) is 0 Å². The first-order valence-electron chi connectivity index (χ1n) is 7.38. The van der Waals surface area contributed by atoms with Gasteiger partial charge in [0, 0.05) is 13.1 Å². The lowest BCUT2D eigenvalue weighted by Crippen LogP contribution is -2.36. The Morgan fingerprint density at radius 1 is 1.21 bits per heavy atom. The maximum Gasteiger partial charge on any atom is 0.119 e. The first kappa shape index (κ1) is 14.4. The smallest absolute Gasteiger partial charge is 0.119 e. The van der Waals surface area contributed by atoms with Gasteiger partial charge in [-0.2, -0.15) is 0 Å². The summed E-state index contributed by atoms with van der Waals surface area (Å²) >= 11 is 0. The Hall–Kier alpha value is -1.06. The summed E-state index contributed by atoms with van der Waals surface area (Å²) in [6.07, 6.45) is 2.72. The Morgan fingerprint density at radius 3 is 2.37 bits per heavy atom. The third-order valence-electron chi connectivity index (χ3n) is 3.76. The number of piperidine rings is 1. The number of hydrogen-bond donors (Lipinski definition) is 1. The van der Waals surface area contributed by atoms with Crippen molar-refractivity contribution in [2.75, 3.05) is 26.2 Å². The van der Waals surface area contributed by atoms with Crippen molar-refractivity contribution in [2.45, 2.75) is 38.7 Å². The van der Waals surface area contributed by atoms with Crippen LogP contribution in [0.3, 0.4) is 0 Å². The Bertz CT molecular complexity index is 367. The Kier molecular flexibility index (Phi) is 5.23. The third-order valence-corrected chi connectivity index (χ3v) is 3.76. The molecule has 0 bridgehead atoms. The van der Waals surface area contributed by atoms with Crippen molar-refractivity contribution < 1.29 is 4.74 Å². The minimum Gasteiger partial charge on any atom is -0.491 e. The van der Waals surface area contributed by atoms with Crippen molar-refractivity contribution >= 4 is 0 Å². The molecule has 0 aliphatic carbocycles. The molecule has 0 saturated carbocycles. The standard InChI is InChI=1S/C16H26N2O/c1-13(2)19-16-5-3-14(4-6-16)15-7-10-18(11-8-15)12-9-17/h3-6,13,15H,7-12,17H2,1-2H3. The third kappa shape index (κ3) is 4.22. The predicted molar refractivity (Wildman–Crippen MR) is 79.7 cm³/mol. The largest absolute Gasteiger partial charge is 0.491 e. The molecule has 1 saturated heterocycles. The fourth-order valence-corrected chi connectivity index (χ4v) is 2.76. The second-order valence-corrected chi connectivity index (χ2v) is 5.64. The van der Waals surface area contributed by atoms with E-state index in [0.717, 1.165) is 18.8 Å². The molecule has 0 atom stereocenters. The predicted octanol–water partition coefficient (Wildman–Crippen LogP) is 2.61. The van der Waals surface area contributed by atoms with Crippen LogP contribution in [0.2, 0.25) is 0 Å². The summed E-state index contributed by atoms with van der Waals surface area (Å²) in [5, 5.41) is 0. The van der Waals surface area contributed by atoms with E-state index in [4.69, 9.17) is 10.5 Å².